The molecule has 226 valence electrons. The van der Waals surface area contributed by atoms with Crippen molar-refractivity contribution in [2.45, 2.75) is 0 Å². The molecule has 49 heavy (non-hydrogen) atoms. The maximum atomic E-state index is 6.46. The maximum Gasteiger partial charge on any atom is 0.137 e. The highest BCUT2D eigenvalue weighted by molar-refractivity contribution is 6.29. The van der Waals surface area contributed by atoms with Crippen molar-refractivity contribution in [2.75, 3.05) is 0 Å². The van der Waals surface area contributed by atoms with Crippen molar-refractivity contribution in [3.8, 4) is 33.6 Å². The Labute approximate surface area is 280 Å². The summed E-state index contributed by atoms with van der Waals surface area (Å²) in [5, 5.41) is 9.79. The summed E-state index contributed by atoms with van der Waals surface area (Å²) in [6.07, 6.45) is 0. The molecule has 3 heterocycles. The van der Waals surface area contributed by atoms with E-state index >= 15 is 0 Å². The van der Waals surface area contributed by atoms with E-state index in [0.29, 0.717) is 0 Å². The number of para-hydroxylation sites is 3. The summed E-state index contributed by atoms with van der Waals surface area (Å²) in [6.45, 7) is 0. The topological polar surface area (TPSA) is 23.0 Å². The minimum atomic E-state index is 0.900. The van der Waals surface area contributed by atoms with Crippen LogP contribution in [0.5, 0.6) is 0 Å². The van der Waals surface area contributed by atoms with Crippen LogP contribution in [0.3, 0.4) is 0 Å². The second kappa shape index (κ2) is 9.06. The van der Waals surface area contributed by atoms with E-state index in [2.05, 4.69) is 161 Å². The van der Waals surface area contributed by atoms with Crippen molar-refractivity contribution >= 4 is 76.3 Å². The Morgan fingerprint density at radius 2 is 1.00 bits per heavy atom. The van der Waals surface area contributed by atoms with Crippen LogP contribution in [-0.2, 0) is 0 Å². The maximum absolute atomic E-state index is 6.46. The number of fused-ring (bicyclic) bond motifs is 14. The fourth-order valence-electron chi connectivity index (χ4n) is 8.88. The number of aromatic nitrogens is 2. The molecule has 0 amide bonds. The van der Waals surface area contributed by atoms with Crippen molar-refractivity contribution in [3.63, 3.8) is 0 Å². The Hall–Kier alpha value is -6.58. The Morgan fingerprint density at radius 1 is 0.347 bits per heavy atom. The van der Waals surface area contributed by atoms with Crippen LogP contribution in [0, 0.1) is 0 Å². The Bertz CT molecular complexity index is 3210. The lowest BCUT2D eigenvalue weighted by molar-refractivity contribution is 0.669. The molecule has 0 unspecified atom stereocenters. The van der Waals surface area contributed by atoms with Crippen LogP contribution in [0.15, 0.2) is 162 Å². The number of hydrogen-bond donors (Lipinski definition) is 0. The van der Waals surface area contributed by atoms with E-state index < -0.39 is 0 Å². The Kier molecular flexibility index (Phi) is 4.72. The van der Waals surface area contributed by atoms with Gasteiger partial charge >= 0.3 is 0 Å². The number of rotatable bonds is 2. The first-order valence-electron chi connectivity index (χ1n) is 16.9. The first kappa shape index (κ1) is 25.5. The third-order valence-electron chi connectivity index (χ3n) is 10.8. The molecule has 3 nitrogen and oxygen atoms in total. The fraction of sp³-hybridized carbons (Fsp3) is 0. The van der Waals surface area contributed by atoms with E-state index in [-0.39, 0.29) is 0 Å². The highest BCUT2D eigenvalue weighted by Crippen LogP contribution is 2.50. The zero-order chi connectivity index (χ0) is 31.8. The SMILES string of the molecule is c1ccc(-n2c3c(ccc4oc5ccccc5c43)c3ccc4c5ccccc5n(-c5cc6c7c(cccc7c5)-c5ccccc5-6)c4c32)cc1. The second-order valence-electron chi connectivity index (χ2n) is 13.3. The number of benzene rings is 8. The molecule has 0 bridgehead atoms. The molecule has 3 aromatic heterocycles. The zero-order valence-corrected chi connectivity index (χ0v) is 26.3. The Morgan fingerprint density at radius 3 is 1.88 bits per heavy atom. The summed E-state index contributed by atoms with van der Waals surface area (Å²) in [5.41, 5.74) is 14.1. The fourth-order valence-corrected chi connectivity index (χ4v) is 8.88. The first-order chi connectivity index (χ1) is 24.3. The Balaban J connectivity index is 1.32. The van der Waals surface area contributed by atoms with Gasteiger partial charge in [-0.05, 0) is 81.6 Å². The predicted molar refractivity (Wildman–Crippen MR) is 204 cm³/mol. The highest BCUT2D eigenvalue weighted by Gasteiger charge is 2.26. The summed E-state index contributed by atoms with van der Waals surface area (Å²) < 4.78 is 11.5. The molecule has 8 aromatic carbocycles. The van der Waals surface area contributed by atoms with E-state index in [9.17, 15) is 0 Å². The standard InChI is InChI=1S/C46H26N2O/c1-2-12-28(13-3-1)48-44-35(23-24-41-43(44)37-17-7-9-20-40(37)49-41)36-22-21-34-32-16-6-8-19-39(32)47(45(34)46(36)48)29-25-27-11-10-18-33-30-14-4-5-15-31(30)38(26-29)42(27)33/h1-26H. The summed E-state index contributed by atoms with van der Waals surface area (Å²) >= 11 is 0. The second-order valence-corrected chi connectivity index (χ2v) is 13.3. The lowest BCUT2D eigenvalue weighted by atomic mass is 10.0. The summed E-state index contributed by atoms with van der Waals surface area (Å²) in [6, 6.07) is 57.5. The average Bonchev–Trinajstić information content (AvgIpc) is 3.89. The van der Waals surface area contributed by atoms with Gasteiger partial charge in [-0.1, -0.05) is 109 Å². The summed E-state index contributed by atoms with van der Waals surface area (Å²) in [4.78, 5) is 0. The summed E-state index contributed by atoms with van der Waals surface area (Å²) in [7, 11) is 0. The zero-order valence-electron chi connectivity index (χ0n) is 26.3. The van der Waals surface area contributed by atoms with E-state index in [4.69, 9.17) is 4.42 Å². The largest absolute Gasteiger partial charge is 0.456 e. The molecule has 0 atom stereocenters. The summed E-state index contributed by atoms with van der Waals surface area (Å²) in [5.74, 6) is 0. The van der Waals surface area contributed by atoms with Crippen LogP contribution >= 0.6 is 0 Å². The molecule has 0 fully saturated rings. The van der Waals surface area contributed by atoms with Crippen molar-refractivity contribution in [2.24, 2.45) is 0 Å². The van der Waals surface area contributed by atoms with Gasteiger partial charge in [-0.2, -0.15) is 0 Å². The van der Waals surface area contributed by atoms with Gasteiger partial charge in [0.2, 0.25) is 0 Å². The van der Waals surface area contributed by atoms with Gasteiger partial charge in [-0.3, -0.25) is 0 Å². The highest BCUT2D eigenvalue weighted by atomic mass is 16.3. The van der Waals surface area contributed by atoms with Crippen LogP contribution in [0.25, 0.3) is 110 Å². The van der Waals surface area contributed by atoms with Crippen molar-refractivity contribution in [3.05, 3.63) is 158 Å². The van der Waals surface area contributed by atoms with Crippen LogP contribution in [0.2, 0.25) is 0 Å². The van der Waals surface area contributed by atoms with E-state index in [1.807, 2.05) is 6.07 Å². The van der Waals surface area contributed by atoms with E-state index in [0.717, 1.165) is 27.6 Å². The molecule has 0 aliphatic heterocycles. The minimum absolute atomic E-state index is 0.900. The molecule has 0 saturated heterocycles. The molecule has 1 aliphatic rings. The van der Waals surface area contributed by atoms with E-state index in [1.165, 1.54) is 82.3 Å². The number of nitrogens with zero attached hydrogens (tertiary/aromatic N) is 2. The monoisotopic (exact) mass is 622 g/mol. The third-order valence-corrected chi connectivity index (χ3v) is 10.8. The smallest absolute Gasteiger partial charge is 0.137 e. The number of hydrogen-bond acceptors (Lipinski definition) is 1. The van der Waals surface area contributed by atoms with Gasteiger partial charge in [0.1, 0.15) is 11.2 Å². The van der Waals surface area contributed by atoms with Gasteiger partial charge in [0.15, 0.2) is 0 Å². The minimum Gasteiger partial charge on any atom is -0.456 e. The normalized spacial score (nSPS) is 12.5. The quantitative estimate of drug-likeness (QED) is 0.188. The molecule has 0 saturated carbocycles. The lowest BCUT2D eigenvalue weighted by Crippen LogP contribution is -1.99. The van der Waals surface area contributed by atoms with Crippen LogP contribution < -0.4 is 0 Å². The van der Waals surface area contributed by atoms with Crippen molar-refractivity contribution < 1.29 is 4.42 Å². The molecule has 0 radical (unpaired) electrons. The van der Waals surface area contributed by atoms with Gasteiger partial charge in [0, 0.05) is 38.3 Å². The molecule has 1 aliphatic carbocycles. The van der Waals surface area contributed by atoms with Gasteiger partial charge in [0.05, 0.1) is 27.5 Å². The van der Waals surface area contributed by atoms with Crippen molar-refractivity contribution in [1.82, 2.24) is 9.13 Å². The lowest BCUT2D eigenvalue weighted by Gasteiger charge is -2.14. The van der Waals surface area contributed by atoms with Crippen LogP contribution in [0.1, 0.15) is 0 Å². The third kappa shape index (κ3) is 3.17. The molecule has 0 spiro atoms. The van der Waals surface area contributed by atoms with Crippen LogP contribution in [-0.4, -0.2) is 9.13 Å². The van der Waals surface area contributed by atoms with Gasteiger partial charge in [0.25, 0.3) is 0 Å². The van der Waals surface area contributed by atoms with Gasteiger partial charge < -0.3 is 13.6 Å². The molecule has 3 heteroatoms. The van der Waals surface area contributed by atoms with Gasteiger partial charge in [-0.25, -0.2) is 0 Å². The average molecular weight is 623 g/mol. The van der Waals surface area contributed by atoms with E-state index in [1.54, 1.807) is 0 Å². The van der Waals surface area contributed by atoms with Crippen LogP contribution in [0.4, 0.5) is 0 Å². The van der Waals surface area contributed by atoms with Gasteiger partial charge in [-0.15, -0.1) is 0 Å². The predicted octanol–water partition coefficient (Wildman–Crippen LogP) is 12.6. The molecular formula is C46H26N2O. The van der Waals surface area contributed by atoms with Crippen molar-refractivity contribution in [1.29, 1.82) is 0 Å². The molecule has 12 rings (SSSR count). The molecular weight excluding hydrogens is 597 g/mol. The molecule has 0 N–H and O–H groups in total. The first-order valence-corrected chi connectivity index (χ1v) is 16.9. The molecule has 11 aromatic rings. The number of furan rings is 1.